The van der Waals surface area contributed by atoms with Crippen LogP contribution in [0.4, 0.5) is 9.18 Å². The summed E-state index contributed by atoms with van der Waals surface area (Å²) in [6.07, 6.45) is 5.36. The van der Waals surface area contributed by atoms with Gasteiger partial charge in [-0.1, -0.05) is 31.9 Å². The molecule has 3 nitrogen and oxygen atoms in total. The lowest BCUT2D eigenvalue weighted by Crippen LogP contribution is -2.46. The Labute approximate surface area is 120 Å². The Hall–Kier alpha value is -1.58. The van der Waals surface area contributed by atoms with Gasteiger partial charge in [-0.2, -0.15) is 0 Å². The van der Waals surface area contributed by atoms with Crippen molar-refractivity contribution < 1.29 is 9.18 Å². The van der Waals surface area contributed by atoms with Crippen molar-refractivity contribution in [2.75, 3.05) is 6.54 Å². The van der Waals surface area contributed by atoms with E-state index in [1.165, 1.54) is 31.4 Å². The van der Waals surface area contributed by atoms with Gasteiger partial charge in [-0.3, -0.25) is 0 Å². The van der Waals surface area contributed by atoms with Crippen molar-refractivity contribution >= 4 is 6.03 Å². The van der Waals surface area contributed by atoms with Gasteiger partial charge in [-0.15, -0.1) is 0 Å². The van der Waals surface area contributed by atoms with Crippen molar-refractivity contribution in [2.45, 2.75) is 45.1 Å². The summed E-state index contributed by atoms with van der Waals surface area (Å²) in [5.41, 5.74) is 0.899. The summed E-state index contributed by atoms with van der Waals surface area (Å²) in [5.74, 6) is 0.320. The second kappa shape index (κ2) is 7.27. The first kappa shape index (κ1) is 14.8. The van der Waals surface area contributed by atoms with Crippen molar-refractivity contribution in [3.05, 3.63) is 35.6 Å². The summed E-state index contributed by atoms with van der Waals surface area (Å²) in [7, 11) is 0. The van der Waals surface area contributed by atoms with Crippen LogP contribution in [0, 0.1) is 11.7 Å². The number of urea groups is 1. The first-order valence-corrected chi connectivity index (χ1v) is 7.44. The number of amides is 2. The molecule has 0 heterocycles. The van der Waals surface area contributed by atoms with Crippen LogP contribution in [0.25, 0.3) is 0 Å². The molecule has 110 valence electrons. The summed E-state index contributed by atoms with van der Waals surface area (Å²) >= 11 is 0. The van der Waals surface area contributed by atoms with Crippen molar-refractivity contribution in [3.63, 3.8) is 0 Å². The van der Waals surface area contributed by atoms with E-state index in [1.807, 2.05) is 6.07 Å². The second-order valence-corrected chi connectivity index (χ2v) is 5.65. The van der Waals surface area contributed by atoms with E-state index < -0.39 is 0 Å². The molecule has 2 unspecified atom stereocenters. The molecular weight excluding hydrogens is 255 g/mol. The Morgan fingerprint density at radius 1 is 1.35 bits per heavy atom. The zero-order chi connectivity index (χ0) is 14.4. The minimum atomic E-state index is -0.233. The normalized spacial score (nSPS) is 22.3. The molecular formula is C16H23FN2O. The number of halogens is 1. The molecule has 0 spiro atoms. The Balaban J connectivity index is 1.70. The van der Waals surface area contributed by atoms with E-state index in [9.17, 15) is 9.18 Å². The number of hydrogen-bond acceptors (Lipinski definition) is 1. The standard InChI is InChI=1S/C16H23FN2O/c1-12-5-2-3-8-15(12)19-16(20)18-10-9-13-6-4-7-14(17)11-13/h4,6-7,11-12,15H,2-3,5,8-10H2,1H3,(H2,18,19,20). The van der Waals surface area contributed by atoms with Crippen LogP contribution >= 0.6 is 0 Å². The number of carbonyl (C=O) groups is 1. The first-order valence-electron chi connectivity index (χ1n) is 7.44. The van der Waals surface area contributed by atoms with E-state index in [2.05, 4.69) is 17.6 Å². The van der Waals surface area contributed by atoms with Gasteiger partial charge in [-0.05, 0) is 42.9 Å². The highest BCUT2D eigenvalue weighted by Gasteiger charge is 2.22. The van der Waals surface area contributed by atoms with Crippen molar-refractivity contribution in [1.29, 1.82) is 0 Å². The smallest absolute Gasteiger partial charge is 0.315 e. The van der Waals surface area contributed by atoms with Crippen LogP contribution in [0.3, 0.4) is 0 Å². The highest BCUT2D eigenvalue weighted by molar-refractivity contribution is 5.74. The average Bonchev–Trinajstić information content (AvgIpc) is 2.41. The number of hydrogen-bond donors (Lipinski definition) is 2. The van der Waals surface area contributed by atoms with Gasteiger partial charge in [0.25, 0.3) is 0 Å². The van der Waals surface area contributed by atoms with E-state index in [4.69, 9.17) is 0 Å². The van der Waals surface area contributed by atoms with Crippen molar-refractivity contribution in [2.24, 2.45) is 5.92 Å². The highest BCUT2D eigenvalue weighted by Crippen LogP contribution is 2.23. The molecule has 1 aromatic rings. The van der Waals surface area contributed by atoms with E-state index in [0.717, 1.165) is 12.0 Å². The van der Waals surface area contributed by atoms with E-state index in [0.29, 0.717) is 18.9 Å². The molecule has 2 N–H and O–H groups in total. The molecule has 2 atom stereocenters. The first-order chi connectivity index (χ1) is 9.65. The topological polar surface area (TPSA) is 41.1 Å². The third-order valence-electron chi connectivity index (χ3n) is 4.02. The van der Waals surface area contributed by atoms with Crippen LogP contribution in [0.5, 0.6) is 0 Å². The SMILES string of the molecule is CC1CCCCC1NC(=O)NCCc1cccc(F)c1. The van der Waals surface area contributed by atoms with Crippen LogP contribution in [0.1, 0.15) is 38.2 Å². The molecule has 0 saturated heterocycles. The predicted molar refractivity (Wildman–Crippen MR) is 78.1 cm³/mol. The Bertz CT molecular complexity index is 450. The lowest BCUT2D eigenvalue weighted by Gasteiger charge is -2.29. The number of carbonyl (C=O) groups excluding carboxylic acids is 1. The number of nitrogens with one attached hydrogen (secondary N) is 2. The molecule has 2 amide bonds. The maximum absolute atomic E-state index is 13.0. The fourth-order valence-corrected chi connectivity index (χ4v) is 2.76. The zero-order valence-electron chi connectivity index (χ0n) is 12.0. The zero-order valence-corrected chi connectivity index (χ0v) is 12.0. The molecule has 1 aliphatic rings. The van der Waals surface area contributed by atoms with Gasteiger partial charge < -0.3 is 10.6 Å². The van der Waals surface area contributed by atoms with E-state index >= 15 is 0 Å². The molecule has 2 rings (SSSR count). The predicted octanol–water partition coefficient (Wildman–Crippen LogP) is 3.25. The maximum Gasteiger partial charge on any atom is 0.315 e. The molecule has 1 fully saturated rings. The maximum atomic E-state index is 13.0. The largest absolute Gasteiger partial charge is 0.338 e. The lowest BCUT2D eigenvalue weighted by atomic mass is 9.86. The highest BCUT2D eigenvalue weighted by atomic mass is 19.1. The van der Waals surface area contributed by atoms with Gasteiger partial charge in [0, 0.05) is 12.6 Å². The molecule has 0 bridgehead atoms. The van der Waals surface area contributed by atoms with Gasteiger partial charge in [0.1, 0.15) is 5.82 Å². The Morgan fingerprint density at radius 3 is 2.90 bits per heavy atom. The van der Waals surface area contributed by atoms with Crippen LogP contribution in [-0.4, -0.2) is 18.6 Å². The third kappa shape index (κ3) is 4.51. The molecule has 1 saturated carbocycles. The van der Waals surface area contributed by atoms with E-state index in [-0.39, 0.29) is 17.9 Å². The molecule has 0 aliphatic heterocycles. The summed E-state index contributed by atoms with van der Waals surface area (Å²) in [6, 6.07) is 6.66. The van der Waals surface area contributed by atoms with Crippen LogP contribution in [0.15, 0.2) is 24.3 Å². The molecule has 20 heavy (non-hydrogen) atoms. The fourth-order valence-electron chi connectivity index (χ4n) is 2.76. The number of rotatable bonds is 4. The molecule has 1 aromatic carbocycles. The minimum absolute atomic E-state index is 0.111. The van der Waals surface area contributed by atoms with Gasteiger partial charge >= 0.3 is 6.03 Å². The number of benzene rings is 1. The Morgan fingerprint density at radius 2 is 2.15 bits per heavy atom. The summed E-state index contributed by atoms with van der Waals surface area (Å²) in [6.45, 7) is 2.72. The van der Waals surface area contributed by atoms with Crippen LogP contribution in [-0.2, 0) is 6.42 Å². The summed E-state index contributed by atoms with van der Waals surface area (Å²) in [5, 5.41) is 5.89. The second-order valence-electron chi connectivity index (χ2n) is 5.65. The monoisotopic (exact) mass is 278 g/mol. The summed E-state index contributed by atoms with van der Waals surface area (Å²) in [4.78, 5) is 11.8. The van der Waals surface area contributed by atoms with Gasteiger partial charge in [0.15, 0.2) is 0 Å². The van der Waals surface area contributed by atoms with Crippen LogP contribution in [0.2, 0.25) is 0 Å². The lowest BCUT2D eigenvalue weighted by molar-refractivity contribution is 0.222. The average molecular weight is 278 g/mol. The van der Waals surface area contributed by atoms with Crippen LogP contribution < -0.4 is 10.6 Å². The molecule has 0 aromatic heterocycles. The van der Waals surface area contributed by atoms with Crippen molar-refractivity contribution in [1.82, 2.24) is 10.6 Å². The minimum Gasteiger partial charge on any atom is -0.338 e. The molecule has 4 heteroatoms. The van der Waals surface area contributed by atoms with Gasteiger partial charge in [0.05, 0.1) is 0 Å². The van der Waals surface area contributed by atoms with Gasteiger partial charge in [-0.25, -0.2) is 9.18 Å². The van der Waals surface area contributed by atoms with Gasteiger partial charge in [0.2, 0.25) is 0 Å². The molecule has 0 radical (unpaired) electrons. The quantitative estimate of drug-likeness (QED) is 0.872. The Kier molecular flexibility index (Phi) is 5.39. The third-order valence-corrected chi connectivity index (χ3v) is 4.02. The fraction of sp³-hybridized carbons (Fsp3) is 0.562. The summed E-state index contributed by atoms with van der Waals surface area (Å²) < 4.78 is 13.0. The molecule has 1 aliphatic carbocycles. The van der Waals surface area contributed by atoms with Crippen molar-refractivity contribution in [3.8, 4) is 0 Å². The van der Waals surface area contributed by atoms with E-state index in [1.54, 1.807) is 6.07 Å².